The van der Waals surface area contributed by atoms with E-state index in [0.717, 1.165) is 31.1 Å². The number of benzene rings is 2. The molecule has 0 atom stereocenters. The third kappa shape index (κ3) is 3.77. The first-order valence-corrected chi connectivity index (χ1v) is 7.83. The summed E-state index contributed by atoms with van der Waals surface area (Å²) >= 11 is 0. The van der Waals surface area contributed by atoms with Crippen LogP contribution in [0, 0.1) is 5.92 Å². The lowest BCUT2D eigenvalue weighted by Gasteiger charge is -2.24. The summed E-state index contributed by atoms with van der Waals surface area (Å²) in [6.45, 7) is 0.410. The van der Waals surface area contributed by atoms with E-state index in [-0.39, 0.29) is 11.8 Å². The van der Waals surface area contributed by atoms with Gasteiger partial charge in [0.05, 0.1) is 5.69 Å². The number of hydrogen-bond acceptors (Lipinski definition) is 3. The molecule has 0 bridgehead atoms. The zero-order chi connectivity index (χ0) is 16.1. The molecule has 4 nitrogen and oxygen atoms in total. The number of anilines is 1. The molecular formula is C19H19NO3. The Bertz CT molecular complexity index is 693. The number of carbonyl (C=O) groups excluding carboxylic acids is 2. The number of nitrogens with one attached hydrogen (secondary N) is 1. The maximum atomic E-state index is 12.2. The second-order valence-electron chi connectivity index (χ2n) is 5.76. The van der Waals surface area contributed by atoms with E-state index in [1.165, 1.54) is 0 Å². The smallest absolute Gasteiger partial charge is 0.227 e. The predicted molar refractivity (Wildman–Crippen MR) is 88.6 cm³/mol. The second-order valence-corrected chi connectivity index (χ2v) is 5.76. The van der Waals surface area contributed by atoms with Crippen molar-refractivity contribution in [1.29, 1.82) is 0 Å². The summed E-state index contributed by atoms with van der Waals surface area (Å²) in [5.74, 6) is 0.660. The Labute approximate surface area is 135 Å². The number of ether oxygens (including phenoxy) is 1. The van der Waals surface area contributed by atoms with Gasteiger partial charge >= 0.3 is 0 Å². The zero-order valence-electron chi connectivity index (χ0n) is 12.8. The van der Waals surface area contributed by atoms with Crippen LogP contribution in [0.2, 0.25) is 0 Å². The van der Waals surface area contributed by atoms with Crippen LogP contribution >= 0.6 is 0 Å². The Morgan fingerprint density at radius 1 is 1.17 bits per heavy atom. The molecule has 2 aromatic carbocycles. The number of hydrogen-bond donors (Lipinski definition) is 1. The van der Waals surface area contributed by atoms with Gasteiger partial charge < -0.3 is 10.1 Å². The van der Waals surface area contributed by atoms with Crippen LogP contribution in [0.15, 0.2) is 48.5 Å². The molecule has 0 aliphatic heterocycles. The fraction of sp³-hybridized carbons (Fsp3) is 0.263. The minimum atomic E-state index is 0.00357. The van der Waals surface area contributed by atoms with Crippen molar-refractivity contribution in [2.24, 2.45) is 5.92 Å². The molecule has 4 heteroatoms. The molecule has 1 aliphatic carbocycles. The Kier molecular flexibility index (Phi) is 4.71. The molecule has 1 N–H and O–H groups in total. The predicted octanol–water partition coefficient (Wildman–Crippen LogP) is 3.82. The maximum Gasteiger partial charge on any atom is 0.227 e. The van der Waals surface area contributed by atoms with Gasteiger partial charge in [0, 0.05) is 11.5 Å². The summed E-state index contributed by atoms with van der Waals surface area (Å²) in [6, 6.07) is 14.9. The van der Waals surface area contributed by atoms with Crippen molar-refractivity contribution < 1.29 is 14.3 Å². The van der Waals surface area contributed by atoms with Crippen molar-refractivity contribution in [1.82, 2.24) is 0 Å². The minimum absolute atomic E-state index is 0.00357. The first-order chi connectivity index (χ1) is 11.3. The van der Waals surface area contributed by atoms with E-state index in [9.17, 15) is 9.59 Å². The molecule has 0 saturated heterocycles. The standard InChI is InChI=1S/C19H19NO3/c21-12-15-9-10-18(23-13-14-5-2-1-3-6-14)17(11-15)20-19(22)16-7-4-8-16/h1-3,5-6,9-12,16H,4,7-8,13H2,(H,20,22). The SMILES string of the molecule is O=Cc1ccc(OCc2ccccc2)c(NC(=O)C2CCC2)c1. The summed E-state index contributed by atoms with van der Waals surface area (Å²) in [5, 5.41) is 2.90. The third-order valence-corrected chi connectivity index (χ3v) is 4.11. The normalized spacial score (nSPS) is 13.9. The number of aldehydes is 1. The van der Waals surface area contributed by atoms with Crippen LogP contribution in [0.4, 0.5) is 5.69 Å². The van der Waals surface area contributed by atoms with Crippen molar-refractivity contribution in [3.05, 3.63) is 59.7 Å². The van der Waals surface area contributed by atoms with E-state index < -0.39 is 0 Å². The van der Waals surface area contributed by atoms with Gasteiger partial charge in [-0.3, -0.25) is 9.59 Å². The van der Waals surface area contributed by atoms with Crippen LogP contribution in [0.25, 0.3) is 0 Å². The molecule has 1 aliphatic rings. The van der Waals surface area contributed by atoms with Crippen molar-refractivity contribution in [2.75, 3.05) is 5.32 Å². The lowest BCUT2D eigenvalue weighted by molar-refractivity contribution is -0.122. The number of amides is 1. The Hall–Kier alpha value is -2.62. The molecule has 118 valence electrons. The fourth-order valence-electron chi connectivity index (χ4n) is 2.49. The number of rotatable bonds is 6. The molecule has 0 heterocycles. The van der Waals surface area contributed by atoms with Crippen molar-refractivity contribution in [2.45, 2.75) is 25.9 Å². The van der Waals surface area contributed by atoms with Crippen LogP contribution < -0.4 is 10.1 Å². The highest BCUT2D eigenvalue weighted by molar-refractivity contribution is 5.95. The largest absolute Gasteiger partial charge is 0.487 e. The van der Waals surface area contributed by atoms with Gasteiger partial charge in [0.25, 0.3) is 0 Å². The van der Waals surface area contributed by atoms with Gasteiger partial charge in [-0.1, -0.05) is 36.8 Å². The lowest BCUT2D eigenvalue weighted by atomic mass is 9.85. The van der Waals surface area contributed by atoms with Gasteiger partial charge in [-0.05, 0) is 36.6 Å². The van der Waals surface area contributed by atoms with Crippen molar-refractivity contribution in [3.63, 3.8) is 0 Å². The van der Waals surface area contributed by atoms with Gasteiger partial charge in [-0.2, -0.15) is 0 Å². The molecule has 1 saturated carbocycles. The molecule has 0 unspecified atom stereocenters. The van der Waals surface area contributed by atoms with Gasteiger partial charge in [-0.15, -0.1) is 0 Å². The average Bonchev–Trinajstić information content (AvgIpc) is 2.53. The molecule has 2 aromatic rings. The first kappa shape index (κ1) is 15.3. The summed E-state index contributed by atoms with van der Waals surface area (Å²) in [4.78, 5) is 23.1. The summed E-state index contributed by atoms with van der Waals surface area (Å²) in [7, 11) is 0. The Morgan fingerprint density at radius 2 is 1.96 bits per heavy atom. The topological polar surface area (TPSA) is 55.4 Å². The van der Waals surface area contributed by atoms with E-state index in [0.29, 0.717) is 23.6 Å². The van der Waals surface area contributed by atoms with E-state index in [1.54, 1.807) is 18.2 Å². The monoisotopic (exact) mass is 309 g/mol. The third-order valence-electron chi connectivity index (χ3n) is 4.11. The molecule has 3 rings (SSSR count). The first-order valence-electron chi connectivity index (χ1n) is 7.83. The van der Waals surface area contributed by atoms with E-state index >= 15 is 0 Å². The molecule has 0 aromatic heterocycles. The second kappa shape index (κ2) is 7.09. The maximum absolute atomic E-state index is 12.2. The van der Waals surface area contributed by atoms with Crippen LogP contribution in [0.3, 0.4) is 0 Å². The van der Waals surface area contributed by atoms with Gasteiger partial charge in [0.2, 0.25) is 5.91 Å². The fourth-order valence-corrected chi connectivity index (χ4v) is 2.49. The average molecular weight is 309 g/mol. The van der Waals surface area contributed by atoms with E-state index in [2.05, 4.69) is 5.32 Å². The van der Waals surface area contributed by atoms with Crippen LogP contribution in [-0.4, -0.2) is 12.2 Å². The molecular weight excluding hydrogens is 290 g/mol. The van der Waals surface area contributed by atoms with Crippen molar-refractivity contribution >= 4 is 17.9 Å². The summed E-state index contributed by atoms with van der Waals surface area (Å²) in [5.41, 5.74) is 2.12. The lowest BCUT2D eigenvalue weighted by Crippen LogP contribution is -2.28. The van der Waals surface area contributed by atoms with Crippen LogP contribution in [0.5, 0.6) is 5.75 Å². The van der Waals surface area contributed by atoms with Crippen LogP contribution in [-0.2, 0) is 11.4 Å². The van der Waals surface area contributed by atoms with Gasteiger partial charge in [0.15, 0.2) is 0 Å². The highest BCUT2D eigenvalue weighted by Gasteiger charge is 2.25. The summed E-state index contributed by atoms with van der Waals surface area (Å²) < 4.78 is 5.82. The highest BCUT2D eigenvalue weighted by atomic mass is 16.5. The zero-order valence-corrected chi connectivity index (χ0v) is 12.8. The minimum Gasteiger partial charge on any atom is -0.487 e. The Morgan fingerprint density at radius 3 is 2.61 bits per heavy atom. The van der Waals surface area contributed by atoms with Gasteiger partial charge in [-0.25, -0.2) is 0 Å². The Balaban J connectivity index is 1.74. The van der Waals surface area contributed by atoms with Gasteiger partial charge in [0.1, 0.15) is 18.6 Å². The van der Waals surface area contributed by atoms with E-state index in [1.807, 2.05) is 30.3 Å². The molecule has 1 fully saturated rings. The van der Waals surface area contributed by atoms with Crippen molar-refractivity contribution in [3.8, 4) is 5.75 Å². The van der Waals surface area contributed by atoms with Crippen LogP contribution in [0.1, 0.15) is 35.2 Å². The number of carbonyl (C=O) groups is 2. The molecule has 1 amide bonds. The molecule has 0 spiro atoms. The quantitative estimate of drug-likeness (QED) is 0.825. The summed E-state index contributed by atoms with van der Waals surface area (Å²) in [6.07, 6.45) is 3.72. The van der Waals surface area contributed by atoms with E-state index in [4.69, 9.17) is 4.74 Å². The molecule has 23 heavy (non-hydrogen) atoms. The molecule has 0 radical (unpaired) electrons. The highest BCUT2D eigenvalue weighted by Crippen LogP contribution is 2.31.